The molecular formula is C9H15NO2. The lowest BCUT2D eigenvalue weighted by Crippen LogP contribution is -2.37. The van der Waals surface area contributed by atoms with Crippen LogP contribution in [0.3, 0.4) is 0 Å². The van der Waals surface area contributed by atoms with Crippen molar-refractivity contribution in [2.45, 2.75) is 13.8 Å². The summed E-state index contributed by atoms with van der Waals surface area (Å²) in [7, 11) is 0. The Kier molecular flexibility index (Phi) is 2.52. The summed E-state index contributed by atoms with van der Waals surface area (Å²) in [5.41, 5.74) is -0.633. The molecule has 0 saturated carbocycles. The standard InChI is InChI=1S/C9H15NO2/c1-9(2,8(11)12)7-10-5-3-4-6-10/h3-4H,5-7H2,1-2H3,(H,11,12). The Balaban J connectivity index is 2.44. The summed E-state index contributed by atoms with van der Waals surface area (Å²) in [5.74, 6) is -0.727. The third-order valence-corrected chi connectivity index (χ3v) is 2.09. The topological polar surface area (TPSA) is 40.5 Å². The smallest absolute Gasteiger partial charge is 0.310 e. The average molecular weight is 169 g/mol. The molecule has 0 amide bonds. The van der Waals surface area contributed by atoms with Crippen LogP contribution in [0.2, 0.25) is 0 Å². The summed E-state index contributed by atoms with van der Waals surface area (Å²) in [6.07, 6.45) is 4.13. The first-order chi connectivity index (χ1) is 5.52. The van der Waals surface area contributed by atoms with Gasteiger partial charge < -0.3 is 5.11 Å². The number of carboxylic acids is 1. The average Bonchev–Trinajstić information content (AvgIpc) is 2.38. The fraction of sp³-hybridized carbons (Fsp3) is 0.667. The van der Waals surface area contributed by atoms with Crippen molar-refractivity contribution < 1.29 is 9.90 Å². The van der Waals surface area contributed by atoms with Crippen LogP contribution < -0.4 is 0 Å². The maximum atomic E-state index is 10.8. The van der Waals surface area contributed by atoms with E-state index in [0.29, 0.717) is 6.54 Å². The van der Waals surface area contributed by atoms with Gasteiger partial charge in [-0.05, 0) is 13.8 Å². The Morgan fingerprint density at radius 3 is 2.42 bits per heavy atom. The van der Waals surface area contributed by atoms with Crippen molar-refractivity contribution in [3.63, 3.8) is 0 Å². The normalized spacial score (nSPS) is 18.5. The fourth-order valence-electron chi connectivity index (χ4n) is 1.28. The lowest BCUT2D eigenvalue weighted by Gasteiger charge is -2.25. The second-order valence-corrected chi connectivity index (χ2v) is 3.85. The second-order valence-electron chi connectivity index (χ2n) is 3.85. The van der Waals surface area contributed by atoms with E-state index in [1.807, 2.05) is 0 Å². The van der Waals surface area contributed by atoms with Gasteiger partial charge in [-0.3, -0.25) is 9.69 Å². The van der Waals surface area contributed by atoms with Crippen molar-refractivity contribution in [1.29, 1.82) is 0 Å². The molecule has 1 aliphatic heterocycles. The van der Waals surface area contributed by atoms with Gasteiger partial charge in [0.2, 0.25) is 0 Å². The monoisotopic (exact) mass is 169 g/mol. The molecule has 0 atom stereocenters. The number of hydrogen-bond donors (Lipinski definition) is 1. The van der Waals surface area contributed by atoms with Crippen LogP contribution in [0.5, 0.6) is 0 Å². The van der Waals surface area contributed by atoms with Gasteiger partial charge in [-0.15, -0.1) is 0 Å². The van der Waals surface area contributed by atoms with E-state index in [-0.39, 0.29) is 0 Å². The molecule has 0 spiro atoms. The zero-order valence-corrected chi connectivity index (χ0v) is 7.58. The predicted molar refractivity (Wildman–Crippen MR) is 47.0 cm³/mol. The number of aliphatic carboxylic acids is 1. The number of carboxylic acid groups (broad SMARTS) is 1. The summed E-state index contributed by atoms with van der Waals surface area (Å²) in [6.45, 7) is 5.91. The molecule has 1 heterocycles. The van der Waals surface area contributed by atoms with Gasteiger partial charge >= 0.3 is 5.97 Å². The number of hydrogen-bond acceptors (Lipinski definition) is 2. The molecule has 0 aromatic carbocycles. The molecule has 0 unspecified atom stereocenters. The molecule has 0 aliphatic carbocycles. The van der Waals surface area contributed by atoms with Crippen molar-refractivity contribution in [2.75, 3.05) is 19.6 Å². The Labute approximate surface area is 72.7 Å². The third-order valence-electron chi connectivity index (χ3n) is 2.09. The molecule has 1 aliphatic rings. The van der Waals surface area contributed by atoms with Crippen LogP contribution >= 0.6 is 0 Å². The Morgan fingerprint density at radius 2 is 2.00 bits per heavy atom. The molecule has 0 aromatic heterocycles. The van der Waals surface area contributed by atoms with Crippen molar-refractivity contribution in [3.8, 4) is 0 Å². The van der Waals surface area contributed by atoms with Crippen LogP contribution in [-0.4, -0.2) is 35.6 Å². The summed E-state index contributed by atoms with van der Waals surface area (Å²) in [6, 6.07) is 0. The van der Waals surface area contributed by atoms with Crippen molar-refractivity contribution >= 4 is 5.97 Å². The molecule has 3 heteroatoms. The van der Waals surface area contributed by atoms with Crippen LogP contribution in [0, 0.1) is 5.41 Å². The number of nitrogens with zero attached hydrogens (tertiary/aromatic N) is 1. The molecule has 0 radical (unpaired) electrons. The molecule has 3 nitrogen and oxygen atoms in total. The highest BCUT2D eigenvalue weighted by Crippen LogP contribution is 2.18. The van der Waals surface area contributed by atoms with E-state index in [4.69, 9.17) is 5.11 Å². The highest BCUT2D eigenvalue weighted by atomic mass is 16.4. The van der Waals surface area contributed by atoms with Gasteiger partial charge in [-0.25, -0.2) is 0 Å². The van der Waals surface area contributed by atoms with Gasteiger partial charge in [-0.2, -0.15) is 0 Å². The zero-order chi connectivity index (χ0) is 9.19. The molecule has 0 aromatic rings. The van der Waals surface area contributed by atoms with Crippen molar-refractivity contribution in [1.82, 2.24) is 4.90 Å². The minimum Gasteiger partial charge on any atom is -0.481 e. The lowest BCUT2D eigenvalue weighted by atomic mass is 9.93. The van der Waals surface area contributed by atoms with E-state index in [1.54, 1.807) is 13.8 Å². The van der Waals surface area contributed by atoms with Crippen molar-refractivity contribution in [3.05, 3.63) is 12.2 Å². The molecule has 0 saturated heterocycles. The second kappa shape index (κ2) is 3.27. The minimum atomic E-state index is -0.727. The molecule has 0 fully saturated rings. The van der Waals surface area contributed by atoms with Crippen LogP contribution in [0.4, 0.5) is 0 Å². The largest absolute Gasteiger partial charge is 0.481 e. The molecule has 68 valence electrons. The lowest BCUT2D eigenvalue weighted by molar-refractivity contribution is -0.147. The maximum Gasteiger partial charge on any atom is 0.310 e. The SMILES string of the molecule is CC(C)(CN1CC=CC1)C(=O)O. The molecule has 1 rings (SSSR count). The quantitative estimate of drug-likeness (QED) is 0.640. The van der Waals surface area contributed by atoms with Crippen LogP contribution in [0.1, 0.15) is 13.8 Å². The summed E-state index contributed by atoms with van der Waals surface area (Å²) < 4.78 is 0. The van der Waals surface area contributed by atoms with Crippen LogP contribution in [0.25, 0.3) is 0 Å². The van der Waals surface area contributed by atoms with Crippen LogP contribution in [-0.2, 0) is 4.79 Å². The van der Waals surface area contributed by atoms with E-state index in [1.165, 1.54) is 0 Å². The van der Waals surface area contributed by atoms with Gasteiger partial charge in [0.05, 0.1) is 5.41 Å². The highest BCUT2D eigenvalue weighted by molar-refractivity contribution is 5.73. The molecule has 12 heavy (non-hydrogen) atoms. The molecule has 0 bridgehead atoms. The molecular weight excluding hydrogens is 154 g/mol. The van der Waals surface area contributed by atoms with Gasteiger partial charge in [0.15, 0.2) is 0 Å². The zero-order valence-electron chi connectivity index (χ0n) is 7.58. The highest BCUT2D eigenvalue weighted by Gasteiger charge is 2.29. The van der Waals surface area contributed by atoms with Gasteiger partial charge in [0.1, 0.15) is 0 Å². The summed E-state index contributed by atoms with van der Waals surface area (Å²) >= 11 is 0. The Hall–Kier alpha value is -0.830. The first kappa shape index (κ1) is 9.26. The Morgan fingerprint density at radius 1 is 1.50 bits per heavy atom. The number of carbonyl (C=O) groups is 1. The van der Waals surface area contributed by atoms with E-state index in [2.05, 4.69) is 17.1 Å². The Bertz CT molecular complexity index is 201. The first-order valence-electron chi connectivity index (χ1n) is 4.13. The first-order valence-corrected chi connectivity index (χ1v) is 4.13. The third kappa shape index (κ3) is 2.08. The van der Waals surface area contributed by atoms with E-state index in [9.17, 15) is 4.79 Å². The van der Waals surface area contributed by atoms with E-state index >= 15 is 0 Å². The minimum absolute atomic E-state index is 0.620. The van der Waals surface area contributed by atoms with Gasteiger partial charge in [0, 0.05) is 19.6 Å². The van der Waals surface area contributed by atoms with Gasteiger partial charge in [0.25, 0.3) is 0 Å². The van der Waals surface area contributed by atoms with Crippen LogP contribution in [0.15, 0.2) is 12.2 Å². The number of rotatable bonds is 3. The van der Waals surface area contributed by atoms with E-state index in [0.717, 1.165) is 13.1 Å². The fourth-order valence-corrected chi connectivity index (χ4v) is 1.28. The summed E-state index contributed by atoms with van der Waals surface area (Å²) in [5, 5.41) is 8.85. The van der Waals surface area contributed by atoms with Gasteiger partial charge in [-0.1, -0.05) is 12.2 Å². The molecule has 1 N–H and O–H groups in total. The maximum absolute atomic E-state index is 10.8. The summed E-state index contributed by atoms with van der Waals surface area (Å²) in [4.78, 5) is 12.9. The van der Waals surface area contributed by atoms with E-state index < -0.39 is 11.4 Å². The predicted octanol–water partition coefficient (Wildman–Crippen LogP) is 0.969. The van der Waals surface area contributed by atoms with Crippen molar-refractivity contribution in [2.24, 2.45) is 5.41 Å².